The lowest BCUT2D eigenvalue weighted by molar-refractivity contribution is 0.0708. The Kier molecular flexibility index (Phi) is 5.88. The number of rotatable bonds is 5. The molecular weight excluding hydrogens is 396 g/mol. The molecule has 1 saturated heterocycles. The standard InChI is InChI=1S/C23H26N4O4/c1-14-11-21(31-26-14)19-13-24-15(2)25-22(19)16-7-9-27(10-8-16)23(28)18-6-5-17(29-3)12-20(18)30-4/h5-6,11-13,16H,7-10H2,1-4H3. The SMILES string of the molecule is COc1ccc(C(=O)N2CCC(c3nc(C)ncc3-c3cc(C)no3)CC2)c(OC)c1. The van der Waals surface area contributed by atoms with Gasteiger partial charge in [-0.25, -0.2) is 9.97 Å². The minimum absolute atomic E-state index is 0.0390. The predicted octanol–water partition coefficient (Wildman–Crippen LogP) is 3.79. The van der Waals surface area contributed by atoms with E-state index in [1.165, 1.54) is 0 Å². The summed E-state index contributed by atoms with van der Waals surface area (Å²) in [6, 6.07) is 7.16. The van der Waals surface area contributed by atoms with Crippen LogP contribution in [0.4, 0.5) is 0 Å². The molecule has 3 aromatic rings. The molecule has 4 rings (SSSR count). The molecule has 2 aromatic heterocycles. The predicted molar refractivity (Wildman–Crippen MR) is 114 cm³/mol. The molecule has 1 amide bonds. The molecule has 0 radical (unpaired) electrons. The Balaban J connectivity index is 1.52. The zero-order chi connectivity index (χ0) is 22.0. The number of carbonyl (C=O) groups is 1. The molecule has 0 spiro atoms. The largest absolute Gasteiger partial charge is 0.497 e. The number of hydrogen-bond acceptors (Lipinski definition) is 7. The number of benzene rings is 1. The summed E-state index contributed by atoms with van der Waals surface area (Å²) in [7, 11) is 3.15. The molecule has 0 unspecified atom stereocenters. The molecule has 162 valence electrons. The third kappa shape index (κ3) is 4.23. The maximum atomic E-state index is 13.1. The van der Waals surface area contributed by atoms with E-state index in [4.69, 9.17) is 19.0 Å². The molecule has 31 heavy (non-hydrogen) atoms. The molecule has 1 fully saturated rings. The fraction of sp³-hybridized carbons (Fsp3) is 0.391. The first-order valence-electron chi connectivity index (χ1n) is 10.3. The number of amides is 1. The monoisotopic (exact) mass is 422 g/mol. The molecule has 8 nitrogen and oxygen atoms in total. The average Bonchev–Trinajstić information content (AvgIpc) is 3.24. The maximum Gasteiger partial charge on any atom is 0.257 e. The summed E-state index contributed by atoms with van der Waals surface area (Å²) in [4.78, 5) is 24.1. The number of likely N-dealkylation sites (tertiary alicyclic amines) is 1. The number of aromatic nitrogens is 3. The van der Waals surface area contributed by atoms with Gasteiger partial charge in [0, 0.05) is 37.3 Å². The van der Waals surface area contributed by atoms with Crippen LogP contribution in [0.2, 0.25) is 0 Å². The Morgan fingerprint density at radius 3 is 2.55 bits per heavy atom. The second-order valence-electron chi connectivity index (χ2n) is 7.68. The van der Waals surface area contributed by atoms with Gasteiger partial charge in [-0.2, -0.15) is 0 Å². The fourth-order valence-electron chi connectivity index (χ4n) is 3.98. The number of carbonyl (C=O) groups excluding carboxylic acids is 1. The second kappa shape index (κ2) is 8.75. The van der Waals surface area contributed by atoms with Crippen molar-refractivity contribution in [2.75, 3.05) is 27.3 Å². The molecule has 3 heterocycles. The van der Waals surface area contributed by atoms with Crippen LogP contribution in [0.1, 0.15) is 46.3 Å². The topological polar surface area (TPSA) is 90.6 Å². The van der Waals surface area contributed by atoms with Crippen LogP contribution in [0.5, 0.6) is 11.5 Å². The molecule has 1 aromatic carbocycles. The van der Waals surface area contributed by atoms with Crippen LogP contribution < -0.4 is 9.47 Å². The van der Waals surface area contributed by atoms with Crippen molar-refractivity contribution in [3.63, 3.8) is 0 Å². The van der Waals surface area contributed by atoms with Crippen molar-refractivity contribution < 1.29 is 18.8 Å². The van der Waals surface area contributed by atoms with Gasteiger partial charge < -0.3 is 18.9 Å². The van der Waals surface area contributed by atoms with E-state index in [2.05, 4.69) is 10.1 Å². The molecule has 1 aliphatic rings. The molecule has 0 saturated carbocycles. The van der Waals surface area contributed by atoms with E-state index in [1.807, 2.05) is 24.8 Å². The lowest BCUT2D eigenvalue weighted by Crippen LogP contribution is -2.38. The second-order valence-corrected chi connectivity index (χ2v) is 7.68. The van der Waals surface area contributed by atoms with E-state index in [0.717, 1.165) is 35.6 Å². The lowest BCUT2D eigenvalue weighted by Gasteiger charge is -2.32. The van der Waals surface area contributed by atoms with Gasteiger partial charge in [0.1, 0.15) is 17.3 Å². The smallest absolute Gasteiger partial charge is 0.257 e. The van der Waals surface area contributed by atoms with Crippen LogP contribution in [0.25, 0.3) is 11.3 Å². The van der Waals surface area contributed by atoms with Gasteiger partial charge in [-0.15, -0.1) is 0 Å². The van der Waals surface area contributed by atoms with Crippen LogP contribution in [0.3, 0.4) is 0 Å². The molecule has 1 aliphatic heterocycles. The molecule has 8 heteroatoms. The Morgan fingerprint density at radius 2 is 1.90 bits per heavy atom. The fourth-order valence-corrected chi connectivity index (χ4v) is 3.98. The molecule has 0 aliphatic carbocycles. The Hall–Kier alpha value is -3.42. The van der Waals surface area contributed by atoms with Crippen molar-refractivity contribution in [2.45, 2.75) is 32.6 Å². The minimum Gasteiger partial charge on any atom is -0.497 e. The van der Waals surface area contributed by atoms with Crippen molar-refractivity contribution in [3.05, 3.63) is 53.2 Å². The summed E-state index contributed by atoms with van der Waals surface area (Å²) in [5, 5.41) is 3.99. The first-order valence-corrected chi connectivity index (χ1v) is 10.3. The van der Waals surface area contributed by atoms with Gasteiger partial charge in [-0.05, 0) is 38.8 Å². The van der Waals surface area contributed by atoms with Gasteiger partial charge in [0.15, 0.2) is 5.76 Å². The van der Waals surface area contributed by atoms with Crippen LogP contribution in [-0.4, -0.2) is 53.2 Å². The van der Waals surface area contributed by atoms with Crippen molar-refractivity contribution in [2.24, 2.45) is 0 Å². The number of aryl methyl sites for hydroxylation is 2. The lowest BCUT2D eigenvalue weighted by atomic mass is 9.90. The van der Waals surface area contributed by atoms with E-state index in [-0.39, 0.29) is 11.8 Å². The molecule has 0 bridgehead atoms. The van der Waals surface area contributed by atoms with Gasteiger partial charge in [-0.1, -0.05) is 5.16 Å². The van der Waals surface area contributed by atoms with Gasteiger partial charge in [0.05, 0.1) is 36.7 Å². The van der Waals surface area contributed by atoms with Crippen LogP contribution in [0.15, 0.2) is 35.0 Å². The highest BCUT2D eigenvalue weighted by Gasteiger charge is 2.29. The Bertz CT molecular complexity index is 1090. The van der Waals surface area contributed by atoms with Gasteiger partial charge in [0.25, 0.3) is 5.91 Å². The highest BCUT2D eigenvalue weighted by Crippen LogP contribution is 2.35. The van der Waals surface area contributed by atoms with Crippen LogP contribution >= 0.6 is 0 Å². The third-order valence-electron chi connectivity index (χ3n) is 5.64. The van der Waals surface area contributed by atoms with Gasteiger partial charge in [-0.3, -0.25) is 4.79 Å². The highest BCUT2D eigenvalue weighted by atomic mass is 16.5. The van der Waals surface area contributed by atoms with E-state index < -0.39 is 0 Å². The van der Waals surface area contributed by atoms with Crippen LogP contribution in [-0.2, 0) is 0 Å². The van der Waals surface area contributed by atoms with Gasteiger partial charge in [0.2, 0.25) is 0 Å². The maximum absolute atomic E-state index is 13.1. The number of hydrogen-bond donors (Lipinski definition) is 0. The molecular formula is C23H26N4O4. The normalized spacial score (nSPS) is 14.5. The zero-order valence-corrected chi connectivity index (χ0v) is 18.2. The number of ether oxygens (including phenoxy) is 2. The Morgan fingerprint density at radius 1 is 1.13 bits per heavy atom. The van der Waals surface area contributed by atoms with Crippen molar-refractivity contribution >= 4 is 5.91 Å². The average molecular weight is 422 g/mol. The molecule has 0 atom stereocenters. The van der Waals surface area contributed by atoms with Crippen molar-refractivity contribution in [3.8, 4) is 22.8 Å². The third-order valence-corrected chi connectivity index (χ3v) is 5.64. The minimum atomic E-state index is -0.0390. The summed E-state index contributed by atoms with van der Waals surface area (Å²) in [6.45, 7) is 5.04. The summed E-state index contributed by atoms with van der Waals surface area (Å²) in [6.07, 6.45) is 3.42. The number of methoxy groups -OCH3 is 2. The highest BCUT2D eigenvalue weighted by molar-refractivity contribution is 5.97. The summed E-state index contributed by atoms with van der Waals surface area (Å²) < 4.78 is 16.1. The number of nitrogens with zero attached hydrogens (tertiary/aromatic N) is 4. The zero-order valence-electron chi connectivity index (χ0n) is 18.2. The van der Waals surface area contributed by atoms with Crippen LogP contribution in [0, 0.1) is 13.8 Å². The number of piperidine rings is 1. The van der Waals surface area contributed by atoms with E-state index in [1.54, 1.807) is 38.6 Å². The van der Waals surface area contributed by atoms with Crippen molar-refractivity contribution in [1.82, 2.24) is 20.0 Å². The van der Waals surface area contributed by atoms with E-state index in [9.17, 15) is 4.79 Å². The summed E-state index contributed by atoms with van der Waals surface area (Å²) in [5.41, 5.74) is 3.18. The quantitative estimate of drug-likeness (QED) is 0.618. The van der Waals surface area contributed by atoms with Crippen molar-refractivity contribution in [1.29, 1.82) is 0 Å². The first kappa shape index (κ1) is 20.8. The van der Waals surface area contributed by atoms with E-state index in [0.29, 0.717) is 35.9 Å². The summed E-state index contributed by atoms with van der Waals surface area (Å²) in [5.74, 6) is 2.74. The Labute approximate surface area is 181 Å². The molecule has 0 N–H and O–H groups in total. The first-order chi connectivity index (χ1) is 15.0. The van der Waals surface area contributed by atoms with Gasteiger partial charge >= 0.3 is 0 Å². The summed E-state index contributed by atoms with van der Waals surface area (Å²) >= 11 is 0. The van der Waals surface area contributed by atoms with E-state index >= 15 is 0 Å².